The van der Waals surface area contributed by atoms with Crippen molar-refractivity contribution in [3.63, 3.8) is 0 Å². The van der Waals surface area contributed by atoms with Crippen LogP contribution in [-0.4, -0.2) is 71.9 Å². The highest BCUT2D eigenvalue weighted by atomic mass is 16.3. The highest BCUT2D eigenvalue weighted by Crippen LogP contribution is 2.34. The molecular formula is C21H27N7O3. The van der Waals surface area contributed by atoms with E-state index in [1.807, 2.05) is 55.8 Å². The summed E-state index contributed by atoms with van der Waals surface area (Å²) in [5.41, 5.74) is 1.48. The molecule has 3 aromatic heterocycles. The summed E-state index contributed by atoms with van der Waals surface area (Å²) in [6.45, 7) is 5.91. The summed E-state index contributed by atoms with van der Waals surface area (Å²) in [6.07, 6.45) is 4.94. The van der Waals surface area contributed by atoms with E-state index in [-0.39, 0.29) is 24.8 Å². The minimum Gasteiger partial charge on any atom is -0.391 e. The minimum atomic E-state index is -0.740. The summed E-state index contributed by atoms with van der Waals surface area (Å²) in [7, 11) is 1.52. The van der Waals surface area contributed by atoms with Gasteiger partial charge in [0.15, 0.2) is 0 Å². The van der Waals surface area contributed by atoms with Crippen molar-refractivity contribution in [3.05, 3.63) is 36.8 Å². The number of hydrogen-bond donors (Lipinski definition) is 2. The van der Waals surface area contributed by atoms with Crippen molar-refractivity contribution >= 4 is 17.5 Å². The lowest BCUT2D eigenvalue weighted by atomic mass is 9.85. The monoisotopic (exact) mass is 425 g/mol. The number of nitrogens with one attached hydrogen (secondary N) is 1. The lowest BCUT2D eigenvalue weighted by Crippen LogP contribution is -2.49. The Morgan fingerprint density at radius 3 is 2.68 bits per heavy atom. The summed E-state index contributed by atoms with van der Waals surface area (Å²) < 4.78 is 3.42. The van der Waals surface area contributed by atoms with E-state index < -0.39 is 23.6 Å². The molecule has 0 aromatic carbocycles. The van der Waals surface area contributed by atoms with Crippen LogP contribution >= 0.6 is 0 Å². The summed E-state index contributed by atoms with van der Waals surface area (Å²) in [6, 6.07) is 4.30. The van der Waals surface area contributed by atoms with Crippen molar-refractivity contribution in [2.75, 3.05) is 13.6 Å². The van der Waals surface area contributed by atoms with Crippen molar-refractivity contribution in [3.8, 4) is 11.4 Å². The second kappa shape index (κ2) is 7.77. The molecule has 0 bridgehead atoms. The predicted octanol–water partition coefficient (Wildman–Crippen LogP) is 0.888. The maximum atomic E-state index is 13.6. The highest BCUT2D eigenvalue weighted by Gasteiger charge is 2.45. The van der Waals surface area contributed by atoms with Crippen LogP contribution in [-0.2, 0) is 9.59 Å². The molecule has 164 valence electrons. The molecule has 10 heteroatoms. The molecule has 31 heavy (non-hydrogen) atoms. The Morgan fingerprint density at radius 2 is 2.00 bits per heavy atom. The smallest absolute Gasteiger partial charge is 0.248 e. The summed E-state index contributed by atoms with van der Waals surface area (Å²) in [5.74, 6) is -0.564. The Morgan fingerprint density at radius 1 is 1.23 bits per heavy atom. The highest BCUT2D eigenvalue weighted by molar-refractivity contribution is 5.90. The Kier molecular flexibility index (Phi) is 5.26. The first kappa shape index (κ1) is 21.0. The Labute approximate surface area is 179 Å². The van der Waals surface area contributed by atoms with E-state index in [1.165, 1.54) is 16.6 Å². The van der Waals surface area contributed by atoms with E-state index in [9.17, 15) is 14.7 Å². The molecule has 4 rings (SSSR count). The van der Waals surface area contributed by atoms with Gasteiger partial charge in [-0.2, -0.15) is 0 Å². The van der Waals surface area contributed by atoms with Crippen molar-refractivity contribution in [1.82, 2.24) is 34.6 Å². The third-order valence-electron chi connectivity index (χ3n) is 5.57. The molecule has 4 heterocycles. The van der Waals surface area contributed by atoms with Crippen LogP contribution in [0.25, 0.3) is 17.0 Å². The molecular weight excluding hydrogens is 398 g/mol. The maximum Gasteiger partial charge on any atom is 0.248 e. The molecule has 1 fully saturated rings. The van der Waals surface area contributed by atoms with Gasteiger partial charge < -0.3 is 19.7 Å². The molecule has 0 spiro atoms. The number of carbonyl (C=O) groups is 2. The van der Waals surface area contributed by atoms with Gasteiger partial charge in [0, 0.05) is 32.4 Å². The van der Waals surface area contributed by atoms with Crippen LogP contribution in [0, 0.1) is 5.41 Å². The Hall–Kier alpha value is -3.27. The van der Waals surface area contributed by atoms with Gasteiger partial charge in [0.25, 0.3) is 0 Å². The SMILES string of the molecule is CNC(=O)[C@@H]1C[C@@H](O)CN1C(=O)[C@@H](n1cc(-c2cn3ccccc3n2)nn1)C(C)(C)C. The first-order valence-electron chi connectivity index (χ1n) is 10.2. The first-order chi connectivity index (χ1) is 14.7. The van der Waals surface area contributed by atoms with Gasteiger partial charge in [-0.25, -0.2) is 9.67 Å². The van der Waals surface area contributed by atoms with Crippen LogP contribution in [0.3, 0.4) is 0 Å². The number of rotatable bonds is 4. The number of fused-ring (bicyclic) bond motifs is 1. The van der Waals surface area contributed by atoms with Gasteiger partial charge in [0.05, 0.1) is 12.3 Å². The van der Waals surface area contributed by atoms with Gasteiger partial charge in [-0.05, 0) is 17.5 Å². The molecule has 1 saturated heterocycles. The molecule has 3 aromatic rings. The second-order valence-corrected chi connectivity index (χ2v) is 8.95. The molecule has 3 atom stereocenters. The molecule has 1 aliphatic heterocycles. The van der Waals surface area contributed by atoms with E-state index in [0.717, 1.165) is 5.65 Å². The number of pyridine rings is 1. The number of nitrogens with zero attached hydrogens (tertiary/aromatic N) is 6. The van der Waals surface area contributed by atoms with E-state index in [1.54, 1.807) is 6.20 Å². The zero-order chi connectivity index (χ0) is 22.3. The van der Waals surface area contributed by atoms with Gasteiger partial charge in [-0.15, -0.1) is 5.10 Å². The van der Waals surface area contributed by atoms with Gasteiger partial charge in [-0.3, -0.25) is 9.59 Å². The number of imidazole rings is 1. The molecule has 2 N–H and O–H groups in total. The van der Waals surface area contributed by atoms with Crippen LogP contribution < -0.4 is 5.32 Å². The summed E-state index contributed by atoms with van der Waals surface area (Å²) in [4.78, 5) is 31.9. The third kappa shape index (κ3) is 3.90. The fourth-order valence-corrected chi connectivity index (χ4v) is 4.09. The number of carbonyl (C=O) groups excluding carboxylic acids is 2. The van der Waals surface area contributed by atoms with Gasteiger partial charge >= 0.3 is 0 Å². The molecule has 1 aliphatic rings. The lowest BCUT2D eigenvalue weighted by Gasteiger charge is -2.34. The Balaban J connectivity index is 1.67. The quantitative estimate of drug-likeness (QED) is 0.641. The lowest BCUT2D eigenvalue weighted by molar-refractivity contribution is -0.144. The van der Waals surface area contributed by atoms with Crippen LogP contribution in [0.5, 0.6) is 0 Å². The third-order valence-corrected chi connectivity index (χ3v) is 5.57. The van der Waals surface area contributed by atoms with Crippen LogP contribution in [0.2, 0.25) is 0 Å². The van der Waals surface area contributed by atoms with Crippen molar-refractivity contribution in [2.45, 2.75) is 45.4 Å². The van der Waals surface area contributed by atoms with Crippen LogP contribution in [0.15, 0.2) is 36.8 Å². The standard InChI is InChI=1S/C21H27N7O3/c1-21(2,3)18(20(31)27-10-13(29)9-16(27)19(30)22-4)28-12-15(24-25-28)14-11-26-8-6-5-7-17(26)23-14/h5-8,11-13,16,18,29H,9-10H2,1-4H3,(H,22,30)/t13-,16+,18-/m1/s1. The second-order valence-electron chi connectivity index (χ2n) is 8.95. The number of likely N-dealkylation sites (tertiary alicyclic amines) is 1. The normalized spacial score (nSPS) is 20.2. The van der Waals surface area contributed by atoms with E-state index in [4.69, 9.17) is 0 Å². The van der Waals surface area contributed by atoms with Crippen molar-refractivity contribution in [2.24, 2.45) is 5.41 Å². The number of amides is 2. The molecule has 0 aliphatic carbocycles. The number of hydrogen-bond acceptors (Lipinski definition) is 6. The van der Waals surface area contributed by atoms with Crippen LogP contribution in [0.4, 0.5) is 0 Å². The summed E-state index contributed by atoms with van der Waals surface area (Å²) >= 11 is 0. The van der Waals surface area contributed by atoms with E-state index in [0.29, 0.717) is 11.4 Å². The van der Waals surface area contributed by atoms with Gasteiger partial charge in [-0.1, -0.05) is 32.1 Å². The largest absolute Gasteiger partial charge is 0.391 e. The van der Waals surface area contributed by atoms with Gasteiger partial charge in [0.1, 0.15) is 29.1 Å². The predicted molar refractivity (Wildman–Crippen MR) is 113 cm³/mol. The van der Waals surface area contributed by atoms with E-state index >= 15 is 0 Å². The van der Waals surface area contributed by atoms with Crippen molar-refractivity contribution < 1.29 is 14.7 Å². The molecule has 0 unspecified atom stereocenters. The average Bonchev–Trinajstić information content (AvgIpc) is 3.43. The molecule has 0 saturated carbocycles. The fraction of sp³-hybridized carbons (Fsp3) is 0.476. The zero-order valence-corrected chi connectivity index (χ0v) is 18.1. The fourth-order valence-electron chi connectivity index (χ4n) is 4.09. The summed E-state index contributed by atoms with van der Waals surface area (Å²) in [5, 5.41) is 21.2. The number of aliphatic hydroxyl groups excluding tert-OH is 1. The minimum absolute atomic E-state index is 0.109. The maximum absolute atomic E-state index is 13.6. The van der Waals surface area contributed by atoms with Crippen LogP contribution in [0.1, 0.15) is 33.2 Å². The number of likely N-dealkylation sites (N-methyl/N-ethyl adjacent to an activating group) is 1. The van der Waals surface area contributed by atoms with E-state index in [2.05, 4.69) is 20.6 Å². The average molecular weight is 425 g/mol. The molecule has 2 amide bonds. The number of β-amino-alcohol motifs (C(OH)–C–C–N with tert-alkyl or cyclic N) is 1. The Bertz CT molecular complexity index is 1080. The molecule has 0 radical (unpaired) electrons. The number of aromatic nitrogens is 5. The van der Waals surface area contributed by atoms with Gasteiger partial charge in [0.2, 0.25) is 11.8 Å². The first-order valence-corrected chi connectivity index (χ1v) is 10.2. The van der Waals surface area contributed by atoms with Crippen molar-refractivity contribution in [1.29, 1.82) is 0 Å². The number of aliphatic hydroxyl groups is 1. The molecule has 10 nitrogen and oxygen atoms in total. The zero-order valence-electron chi connectivity index (χ0n) is 18.1. The topological polar surface area (TPSA) is 118 Å².